The molecule has 0 saturated heterocycles. The van der Waals surface area contributed by atoms with Gasteiger partial charge in [-0.3, -0.25) is 4.79 Å². The smallest absolute Gasteiger partial charge is 0.388 e. The molecule has 36 heavy (non-hydrogen) atoms. The van der Waals surface area contributed by atoms with Crippen molar-refractivity contribution in [1.29, 1.82) is 0 Å². The van der Waals surface area contributed by atoms with E-state index in [1.165, 1.54) is 53.3 Å². The van der Waals surface area contributed by atoms with Gasteiger partial charge in [0.1, 0.15) is 11.4 Å². The number of rotatable bonds is 8. The van der Waals surface area contributed by atoms with E-state index in [4.69, 9.17) is 22.1 Å². The van der Waals surface area contributed by atoms with Crippen LogP contribution in [0.2, 0.25) is 5.02 Å². The summed E-state index contributed by atoms with van der Waals surface area (Å²) in [7, 11) is 1.44. The van der Waals surface area contributed by atoms with Gasteiger partial charge in [-0.05, 0) is 42.6 Å². The lowest BCUT2D eigenvalue weighted by Crippen LogP contribution is -2.20. The summed E-state index contributed by atoms with van der Waals surface area (Å²) in [6.45, 7) is -3.00. The van der Waals surface area contributed by atoms with E-state index >= 15 is 0 Å². The summed E-state index contributed by atoms with van der Waals surface area (Å²) < 4.78 is 38.1. The van der Waals surface area contributed by atoms with Crippen molar-refractivity contribution in [1.82, 2.24) is 19.6 Å². The number of methoxy groups -OCH3 is 1. The summed E-state index contributed by atoms with van der Waals surface area (Å²) in [5, 5.41) is 8.95. The molecule has 4 rings (SSSR count). The molecule has 0 radical (unpaired) electrons. The molecule has 9 nitrogen and oxygen atoms in total. The average molecular weight is 513 g/mol. The molecule has 0 bridgehead atoms. The predicted molar refractivity (Wildman–Crippen MR) is 131 cm³/mol. The van der Waals surface area contributed by atoms with Crippen LogP contribution in [0.1, 0.15) is 5.69 Å². The first kappa shape index (κ1) is 24.6. The Kier molecular flexibility index (Phi) is 7.40. The van der Waals surface area contributed by atoms with Crippen molar-refractivity contribution in [2.45, 2.75) is 6.61 Å². The molecule has 0 unspecified atom stereocenters. The minimum Gasteiger partial charge on any atom is -0.494 e. The average Bonchev–Trinajstić information content (AvgIpc) is 3.31. The number of ether oxygens (including phenoxy) is 2. The molecule has 2 aromatic heterocycles. The lowest BCUT2D eigenvalue weighted by atomic mass is 10.2. The van der Waals surface area contributed by atoms with E-state index in [2.05, 4.69) is 19.9 Å². The van der Waals surface area contributed by atoms with Gasteiger partial charge in [-0.1, -0.05) is 17.7 Å². The minimum absolute atomic E-state index is 0.0324. The zero-order valence-corrected chi connectivity index (χ0v) is 19.5. The molecule has 0 spiro atoms. The molecule has 12 heteroatoms. The monoisotopic (exact) mass is 512 g/mol. The van der Waals surface area contributed by atoms with E-state index in [1.54, 1.807) is 42.5 Å². The second-order valence-corrected chi connectivity index (χ2v) is 7.56. The standard InChI is InChI=1S/C24H19ClF2N6O3/c1-35-21-14-17(33-22(8-11-29-33)36-24(26)27)5-6-19(21)32-12-9-20(34)23(31-32)18(7-10-28)30-16-4-2-3-15(25)13-16/h2-14,24H,28H2,1H3. The Morgan fingerprint density at radius 2 is 2.03 bits per heavy atom. The summed E-state index contributed by atoms with van der Waals surface area (Å²) in [6.07, 6.45) is 5.50. The molecule has 0 fully saturated rings. The van der Waals surface area contributed by atoms with E-state index < -0.39 is 6.61 Å². The number of halogens is 3. The number of hydrogen-bond acceptors (Lipinski definition) is 7. The van der Waals surface area contributed by atoms with Gasteiger partial charge in [0.05, 0.1) is 30.4 Å². The number of aliphatic imine (C=N–C) groups is 1. The highest BCUT2D eigenvalue weighted by atomic mass is 35.5. The van der Waals surface area contributed by atoms with Crippen LogP contribution in [0.5, 0.6) is 11.6 Å². The van der Waals surface area contributed by atoms with Crippen LogP contribution >= 0.6 is 11.6 Å². The third-order valence-corrected chi connectivity index (χ3v) is 5.07. The molecule has 184 valence electrons. The van der Waals surface area contributed by atoms with Gasteiger partial charge in [0.25, 0.3) is 0 Å². The Labute approximate surface area is 208 Å². The van der Waals surface area contributed by atoms with Crippen LogP contribution < -0.4 is 20.6 Å². The maximum Gasteiger partial charge on any atom is 0.388 e. The summed E-state index contributed by atoms with van der Waals surface area (Å²) in [6, 6.07) is 14.3. The second kappa shape index (κ2) is 10.8. The number of aromatic nitrogens is 4. The Morgan fingerprint density at radius 1 is 1.19 bits per heavy atom. The van der Waals surface area contributed by atoms with Gasteiger partial charge in [0.2, 0.25) is 11.3 Å². The van der Waals surface area contributed by atoms with Crippen LogP contribution in [-0.2, 0) is 0 Å². The van der Waals surface area contributed by atoms with Crippen LogP contribution in [-0.4, -0.2) is 39.0 Å². The molecule has 2 N–H and O–H groups in total. The van der Waals surface area contributed by atoms with Gasteiger partial charge in [-0.25, -0.2) is 14.4 Å². The Bertz CT molecular complexity index is 1500. The molecule has 2 aromatic carbocycles. The van der Waals surface area contributed by atoms with Crippen molar-refractivity contribution in [3.8, 4) is 23.0 Å². The largest absolute Gasteiger partial charge is 0.494 e. The van der Waals surface area contributed by atoms with Crippen molar-refractivity contribution in [2.75, 3.05) is 7.11 Å². The van der Waals surface area contributed by atoms with Gasteiger partial charge in [0, 0.05) is 29.4 Å². The Balaban J connectivity index is 1.78. The van der Waals surface area contributed by atoms with Crippen LogP contribution in [0.15, 0.2) is 89.1 Å². The van der Waals surface area contributed by atoms with Crippen LogP contribution in [0.3, 0.4) is 0 Å². The first-order valence-electron chi connectivity index (χ1n) is 10.4. The van der Waals surface area contributed by atoms with Crippen molar-refractivity contribution in [3.63, 3.8) is 0 Å². The van der Waals surface area contributed by atoms with Crippen molar-refractivity contribution < 1.29 is 18.3 Å². The maximum atomic E-state index is 12.7. The van der Waals surface area contributed by atoms with E-state index in [0.717, 1.165) is 0 Å². The quantitative estimate of drug-likeness (QED) is 0.353. The highest BCUT2D eigenvalue weighted by Gasteiger charge is 2.16. The topological polar surface area (TPSA) is 110 Å². The first-order valence-corrected chi connectivity index (χ1v) is 10.8. The number of alkyl halides is 2. The second-order valence-electron chi connectivity index (χ2n) is 7.13. The lowest BCUT2D eigenvalue weighted by molar-refractivity contribution is -0.0544. The predicted octanol–water partition coefficient (Wildman–Crippen LogP) is 4.27. The SMILES string of the molecule is COc1cc(-n2nccc2OC(F)F)ccc1-n1ccc(=O)c(C(C=CN)=Nc2cccc(Cl)c2)n1. The van der Waals surface area contributed by atoms with E-state index in [-0.39, 0.29) is 22.7 Å². The van der Waals surface area contributed by atoms with E-state index in [1.807, 2.05) is 0 Å². The molecule has 2 heterocycles. The molecule has 0 atom stereocenters. The van der Waals surface area contributed by atoms with Gasteiger partial charge in [-0.15, -0.1) is 0 Å². The highest BCUT2D eigenvalue weighted by Crippen LogP contribution is 2.28. The first-order chi connectivity index (χ1) is 17.4. The minimum atomic E-state index is -3.00. The van der Waals surface area contributed by atoms with Crippen molar-refractivity contribution in [2.24, 2.45) is 10.7 Å². The molecule has 0 amide bonds. The molecular weight excluding hydrogens is 494 g/mol. The highest BCUT2D eigenvalue weighted by molar-refractivity contribution is 6.30. The third kappa shape index (κ3) is 5.41. The Hall–Kier alpha value is -4.51. The van der Waals surface area contributed by atoms with Crippen molar-refractivity contribution in [3.05, 3.63) is 100 Å². The zero-order chi connectivity index (χ0) is 25.7. The maximum absolute atomic E-state index is 12.7. The Morgan fingerprint density at radius 3 is 2.75 bits per heavy atom. The number of allylic oxidation sites excluding steroid dienone is 1. The van der Waals surface area contributed by atoms with E-state index in [9.17, 15) is 13.6 Å². The molecule has 4 aromatic rings. The summed E-state index contributed by atoms with van der Waals surface area (Å²) in [5.74, 6) is 0.190. The zero-order valence-electron chi connectivity index (χ0n) is 18.8. The lowest BCUT2D eigenvalue weighted by Gasteiger charge is -2.14. The molecule has 0 aliphatic rings. The summed E-state index contributed by atoms with van der Waals surface area (Å²) in [4.78, 5) is 17.2. The summed E-state index contributed by atoms with van der Waals surface area (Å²) >= 11 is 6.05. The normalized spacial score (nSPS) is 11.9. The molecule has 0 aliphatic carbocycles. The number of hydrogen-bond donors (Lipinski definition) is 1. The van der Waals surface area contributed by atoms with Crippen molar-refractivity contribution >= 4 is 23.0 Å². The number of nitrogens with two attached hydrogens (primary N) is 1. The van der Waals surface area contributed by atoms with Gasteiger partial charge in [0.15, 0.2) is 5.69 Å². The van der Waals surface area contributed by atoms with E-state index in [0.29, 0.717) is 27.8 Å². The van der Waals surface area contributed by atoms with Crippen LogP contribution in [0.25, 0.3) is 11.4 Å². The number of benzene rings is 2. The molecule has 0 saturated carbocycles. The summed E-state index contributed by atoms with van der Waals surface area (Å²) in [5.41, 5.74) is 6.84. The van der Waals surface area contributed by atoms with Crippen LogP contribution in [0.4, 0.5) is 14.5 Å². The van der Waals surface area contributed by atoms with Gasteiger partial charge in [-0.2, -0.15) is 19.0 Å². The fourth-order valence-corrected chi connectivity index (χ4v) is 3.50. The fourth-order valence-electron chi connectivity index (χ4n) is 3.32. The van der Waals surface area contributed by atoms with Crippen LogP contribution in [0, 0.1) is 0 Å². The molecular formula is C24H19ClF2N6O3. The third-order valence-electron chi connectivity index (χ3n) is 4.84. The number of nitrogens with zero attached hydrogens (tertiary/aromatic N) is 5. The molecule has 0 aliphatic heterocycles. The fraction of sp³-hybridized carbons (Fsp3) is 0.0833. The van der Waals surface area contributed by atoms with Gasteiger partial charge >= 0.3 is 6.61 Å². The van der Waals surface area contributed by atoms with Gasteiger partial charge < -0.3 is 15.2 Å².